The summed E-state index contributed by atoms with van der Waals surface area (Å²) in [4.78, 5) is 16.0. The average molecular weight is 238 g/mol. The minimum Gasteiger partial charge on any atom is -0.480 e. The molecular weight excluding hydrogens is 224 g/mol. The molecule has 1 aliphatic rings. The Hall–Kier alpha value is -1.07. The molecule has 0 spiro atoms. The van der Waals surface area contributed by atoms with Crippen LogP contribution in [-0.2, 0) is 4.79 Å². The van der Waals surface area contributed by atoms with Crippen LogP contribution in [0.15, 0.2) is 29.4 Å². The van der Waals surface area contributed by atoms with E-state index in [-0.39, 0.29) is 0 Å². The number of carboxylic acids is 1. The Morgan fingerprint density at radius 2 is 2.25 bits per heavy atom. The number of aromatic nitrogens is 1. The van der Waals surface area contributed by atoms with Gasteiger partial charge >= 0.3 is 5.97 Å². The third kappa shape index (κ3) is 2.36. The van der Waals surface area contributed by atoms with E-state index in [1.54, 1.807) is 24.2 Å². The summed E-state index contributed by atoms with van der Waals surface area (Å²) < 4.78 is 0. The van der Waals surface area contributed by atoms with Gasteiger partial charge in [-0.1, -0.05) is 0 Å². The van der Waals surface area contributed by atoms with Crippen LogP contribution in [0.25, 0.3) is 0 Å². The highest BCUT2D eigenvalue weighted by Gasteiger charge is 2.42. The van der Waals surface area contributed by atoms with E-state index in [0.29, 0.717) is 18.1 Å². The first-order valence-corrected chi connectivity index (χ1v) is 6.07. The second kappa shape index (κ2) is 4.43. The molecule has 2 rings (SSSR count). The van der Waals surface area contributed by atoms with Crippen molar-refractivity contribution in [1.29, 1.82) is 0 Å². The van der Waals surface area contributed by atoms with Crippen molar-refractivity contribution in [1.82, 2.24) is 4.98 Å². The van der Waals surface area contributed by atoms with E-state index in [1.807, 2.05) is 12.1 Å². The van der Waals surface area contributed by atoms with Gasteiger partial charge in [0.25, 0.3) is 0 Å². The molecule has 1 heterocycles. The van der Waals surface area contributed by atoms with Gasteiger partial charge in [0, 0.05) is 22.5 Å². The summed E-state index contributed by atoms with van der Waals surface area (Å²) in [7, 11) is 0. The van der Waals surface area contributed by atoms with Gasteiger partial charge in [0.2, 0.25) is 0 Å². The summed E-state index contributed by atoms with van der Waals surface area (Å²) >= 11 is 1.69. The lowest BCUT2D eigenvalue weighted by molar-refractivity contribution is -0.143. The molecule has 0 radical (unpaired) electrons. The van der Waals surface area contributed by atoms with Crippen LogP contribution in [0, 0.1) is 0 Å². The van der Waals surface area contributed by atoms with Gasteiger partial charge in [0.05, 0.1) is 0 Å². The summed E-state index contributed by atoms with van der Waals surface area (Å²) in [6, 6.07) is 3.86. The Morgan fingerprint density at radius 1 is 1.56 bits per heavy atom. The van der Waals surface area contributed by atoms with Crippen LogP contribution < -0.4 is 5.73 Å². The van der Waals surface area contributed by atoms with E-state index in [1.165, 1.54) is 0 Å². The molecule has 2 atom stereocenters. The van der Waals surface area contributed by atoms with Gasteiger partial charge in [-0.05, 0) is 31.4 Å². The van der Waals surface area contributed by atoms with Crippen LogP contribution in [0.5, 0.6) is 0 Å². The van der Waals surface area contributed by atoms with E-state index < -0.39 is 11.5 Å². The van der Waals surface area contributed by atoms with Crippen molar-refractivity contribution in [2.75, 3.05) is 0 Å². The topological polar surface area (TPSA) is 76.2 Å². The van der Waals surface area contributed by atoms with Crippen molar-refractivity contribution < 1.29 is 9.90 Å². The molecule has 0 saturated heterocycles. The standard InChI is InChI=1S/C11H14N2O2S/c12-11(10(14)15)4-1-9(7-11)16-8-2-5-13-6-3-8/h2-3,5-6,9H,1,4,7,12H2,(H,14,15). The Balaban J connectivity index is 1.98. The van der Waals surface area contributed by atoms with Crippen LogP contribution >= 0.6 is 11.8 Å². The fraction of sp³-hybridized carbons (Fsp3) is 0.455. The third-order valence-corrected chi connectivity index (χ3v) is 4.16. The minimum absolute atomic E-state index is 0.295. The van der Waals surface area contributed by atoms with Gasteiger partial charge in [0.15, 0.2) is 0 Å². The van der Waals surface area contributed by atoms with Gasteiger partial charge in [-0.3, -0.25) is 9.78 Å². The minimum atomic E-state index is -1.02. The maximum atomic E-state index is 11.0. The van der Waals surface area contributed by atoms with Crippen LogP contribution in [0.1, 0.15) is 19.3 Å². The van der Waals surface area contributed by atoms with Crippen LogP contribution in [0.2, 0.25) is 0 Å². The molecule has 4 nitrogen and oxygen atoms in total. The zero-order valence-electron chi connectivity index (χ0n) is 8.80. The lowest BCUT2D eigenvalue weighted by atomic mass is 10.0. The largest absolute Gasteiger partial charge is 0.480 e. The first kappa shape index (κ1) is 11.4. The zero-order valence-corrected chi connectivity index (χ0v) is 9.61. The van der Waals surface area contributed by atoms with Crippen molar-refractivity contribution >= 4 is 17.7 Å². The summed E-state index contributed by atoms with van der Waals surface area (Å²) in [5, 5.41) is 9.31. The number of carboxylic acid groups (broad SMARTS) is 1. The number of rotatable bonds is 3. The predicted octanol–water partition coefficient (Wildman–Crippen LogP) is 1.51. The maximum Gasteiger partial charge on any atom is 0.323 e. The molecule has 2 unspecified atom stereocenters. The smallest absolute Gasteiger partial charge is 0.323 e. The van der Waals surface area contributed by atoms with Crippen molar-refractivity contribution in [3.8, 4) is 0 Å². The SMILES string of the molecule is NC1(C(=O)O)CCC(Sc2ccncc2)C1. The second-order valence-electron chi connectivity index (χ2n) is 4.13. The highest BCUT2D eigenvalue weighted by molar-refractivity contribution is 8.00. The molecule has 1 aromatic rings. The number of pyridine rings is 1. The molecule has 1 aromatic heterocycles. The summed E-state index contributed by atoms with van der Waals surface area (Å²) in [5.74, 6) is -0.884. The Morgan fingerprint density at radius 3 is 2.81 bits per heavy atom. The van der Waals surface area contributed by atoms with Gasteiger partial charge < -0.3 is 10.8 Å². The van der Waals surface area contributed by atoms with E-state index in [9.17, 15) is 4.79 Å². The number of hydrogen-bond acceptors (Lipinski definition) is 4. The zero-order chi connectivity index (χ0) is 11.6. The van der Waals surface area contributed by atoms with E-state index >= 15 is 0 Å². The normalized spacial score (nSPS) is 29.2. The van der Waals surface area contributed by atoms with Gasteiger partial charge in [-0.2, -0.15) is 0 Å². The number of thioether (sulfide) groups is 1. The molecular formula is C11H14N2O2S. The summed E-state index contributed by atoms with van der Waals surface area (Å²) in [6.07, 6.45) is 5.44. The molecule has 1 fully saturated rings. The molecule has 0 aromatic carbocycles. The third-order valence-electron chi connectivity index (χ3n) is 2.88. The van der Waals surface area contributed by atoms with Crippen LogP contribution in [-0.4, -0.2) is 26.8 Å². The lowest BCUT2D eigenvalue weighted by Gasteiger charge is -2.17. The fourth-order valence-corrected chi connectivity index (χ4v) is 3.21. The lowest BCUT2D eigenvalue weighted by Crippen LogP contribution is -2.45. The van der Waals surface area contributed by atoms with Crippen LogP contribution in [0.3, 0.4) is 0 Å². The first-order valence-electron chi connectivity index (χ1n) is 5.19. The molecule has 86 valence electrons. The van der Waals surface area contributed by atoms with E-state index in [0.717, 1.165) is 11.3 Å². The molecule has 0 bridgehead atoms. The van der Waals surface area contributed by atoms with Crippen molar-refractivity contribution in [2.24, 2.45) is 5.73 Å². The quantitative estimate of drug-likeness (QED) is 0.834. The highest BCUT2D eigenvalue weighted by atomic mass is 32.2. The number of nitrogens with zero attached hydrogens (tertiary/aromatic N) is 1. The Bertz CT molecular complexity index is 385. The molecule has 5 heteroatoms. The molecule has 16 heavy (non-hydrogen) atoms. The van der Waals surface area contributed by atoms with Crippen LogP contribution in [0.4, 0.5) is 0 Å². The number of nitrogens with two attached hydrogens (primary N) is 1. The molecule has 1 aliphatic carbocycles. The second-order valence-corrected chi connectivity index (χ2v) is 5.50. The molecule has 0 amide bonds. The van der Waals surface area contributed by atoms with Gasteiger partial charge in [0.1, 0.15) is 5.54 Å². The fourth-order valence-electron chi connectivity index (χ4n) is 1.93. The van der Waals surface area contributed by atoms with Crippen molar-refractivity contribution in [2.45, 2.75) is 34.9 Å². The highest BCUT2D eigenvalue weighted by Crippen LogP contribution is 2.38. The number of carbonyl (C=O) groups is 1. The number of aliphatic carboxylic acids is 1. The van der Waals surface area contributed by atoms with Gasteiger partial charge in [-0.15, -0.1) is 11.8 Å². The number of hydrogen-bond donors (Lipinski definition) is 2. The average Bonchev–Trinajstić information content (AvgIpc) is 2.63. The summed E-state index contributed by atoms with van der Waals surface area (Å²) in [5.41, 5.74) is 4.80. The van der Waals surface area contributed by atoms with Crippen molar-refractivity contribution in [3.05, 3.63) is 24.5 Å². The van der Waals surface area contributed by atoms with Crippen molar-refractivity contribution in [3.63, 3.8) is 0 Å². The molecule has 3 N–H and O–H groups in total. The maximum absolute atomic E-state index is 11.0. The Kier molecular flexibility index (Phi) is 3.16. The first-order chi connectivity index (χ1) is 7.60. The van der Waals surface area contributed by atoms with E-state index in [4.69, 9.17) is 10.8 Å². The predicted molar refractivity (Wildman–Crippen MR) is 62.3 cm³/mol. The molecule has 1 saturated carbocycles. The van der Waals surface area contributed by atoms with E-state index in [2.05, 4.69) is 4.98 Å². The molecule has 0 aliphatic heterocycles. The Labute approximate surface area is 98.3 Å². The summed E-state index contributed by atoms with van der Waals surface area (Å²) in [6.45, 7) is 0. The van der Waals surface area contributed by atoms with Gasteiger partial charge in [-0.25, -0.2) is 0 Å². The monoisotopic (exact) mass is 238 g/mol.